The van der Waals surface area contributed by atoms with Gasteiger partial charge in [0.2, 0.25) is 0 Å². The lowest BCUT2D eigenvalue weighted by Crippen LogP contribution is -2.23. The van der Waals surface area contributed by atoms with Gasteiger partial charge in [-0.05, 0) is 42.8 Å². The standard InChI is InChI=1S/C25H22ClFN4O2/c1-15-3-4-16(20(11-15)25(33)30-23-8-6-18(26)14-29-23)13-22(32)19-7-5-17(12-21(19)27)24-28-9-10-31(24)2/h3-8,11-12,14H,9-10,13H2,1-2H3,(H,29,30,33). The molecule has 6 nitrogen and oxygen atoms in total. The molecule has 1 aromatic heterocycles. The number of aryl methyl sites for hydroxylation is 1. The Kier molecular flexibility index (Phi) is 6.51. The van der Waals surface area contributed by atoms with Gasteiger partial charge in [0.25, 0.3) is 5.91 Å². The molecule has 8 heteroatoms. The minimum Gasteiger partial charge on any atom is -0.358 e. The number of carbonyl (C=O) groups excluding carboxylic acids is 2. The second kappa shape index (κ2) is 9.50. The highest BCUT2D eigenvalue weighted by molar-refractivity contribution is 6.30. The molecule has 0 spiro atoms. The molecule has 1 N–H and O–H groups in total. The first-order valence-electron chi connectivity index (χ1n) is 10.4. The van der Waals surface area contributed by atoms with Gasteiger partial charge in [-0.15, -0.1) is 0 Å². The molecule has 168 valence electrons. The lowest BCUT2D eigenvalue weighted by Gasteiger charge is -2.14. The Labute approximate surface area is 196 Å². The van der Waals surface area contributed by atoms with Crippen molar-refractivity contribution in [3.63, 3.8) is 0 Å². The van der Waals surface area contributed by atoms with E-state index in [4.69, 9.17) is 11.6 Å². The van der Waals surface area contributed by atoms with Crippen LogP contribution in [0.5, 0.6) is 0 Å². The molecule has 0 fully saturated rings. The number of likely N-dealkylation sites (N-methyl/N-ethyl adjacent to an activating group) is 1. The zero-order valence-corrected chi connectivity index (χ0v) is 19.0. The van der Waals surface area contributed by atoms with Gasteiger partial charge in [-0.2, -0.15) is 0 Å². The Bertz CT molecular complexity index is 1260. The van der Waals surface area contributed by atoms with E-state index in [0.29, 0.717) is 39.9 Å². The zero-order valence-electron chi connectivity index (χ0n) is 18.2. The number of hydrogen-bond acceptors (Lipinski definition) is 5. The molecule has 2 heterocycles. The van der Waals surface area contributed by atoms with Crippen molar-refractivity contribution in [2.24, 2.45) is 4.99 Å². The highest BCUT2D eigenvalue weighted by atomic mass is 35.5. The molecule has 1 aliphatic heterocycles. The summed E-state index contributed by atoms with van der Waals surface area (Å²) in [4.78, 5) is 36.2. The summed E-state index contributed by atoms with van der Waals surface area (Å²) in [5, 5.41) is 3.16. The first-order valence-corrected chi connectivity index (χ1v) is 10.8. The summed E-state index contributed by atoms with van der Waals surface area (Å²) < 4.78 is 14.8. The Balaban J connectivity index is 1.56. The predicted octanol–water partition coefficient (Wildman–Crippen LogP) is 4.55. The Hall–Kier alpha value is -3.58. The van der Waals surface area contributed by atoms with Crippen LogP contribution in [0.4, 0.5) is 10.2 Å². The van der Waals surface area contributed by atoms with Crippen molar-refractivity contribution in [2.75, 3.05) is 25.5 Å². The number of amidine groups is 1. The van der Waals surface area contributed by atoms with Crippen molar-refractivity contribution < 1.29 is 14.0 Å². The summed E-state index contributed by atoms with van der Waals surface area (Å²) >= 11 is 5.84. The fourth-order valence-corrected chi connectivity index (χ4v) is 3.79. The lowest BCUT2D eigenvalue weighted by molar-refractivity contribution is 0.0988. The first kappa shape index (κ1) is 22.6. The van der Waals surface area contributed by atoms with Gasteiger partial charge in [0.1, 0.15) is 17.5 Å². The second-order valence-electron chi connectivity index (χ2n) is 7.90. The number of Topliss-reactive ketones (excluding diaryl/α,β-unsaturated/α-hetero) is 1. The van der Waals surface area contributed by atoms with Gasteiger partial charge in [0, 0.05) is 37.3 Å². The monoisotopic (exact) mass is 464 g/mol. The highest BCUT2D eigenvalue weighted by Crippen LogP contribution is 2.20. The number of benzene rings is 2. The molecule has 0 atom stereocenters. The van der Waals surface area contributed by atoms with Gasteiger partial charge in [-0.1, -0.05) is 35.4 Å². The summed E-state index contributed by atoms with van der Waals surface area (Å²) in [5.41, 5.74) is 2.30. The van der Waals surface area contributed by atoms with Crippen molar-refractivity contribution in [1.82, 2.24) is 9.88 Å². The number of anilines is 1. The molecule has 0 bridgehead atoms. The van der Waals surface area contributed by atoms with E-state index in [-0.39, 0.29) is 12.0 Å². The number of aliphatic imine (C=N–C) groups is 1. The van der Waals surface area contributed by atoms with Gasteiger partial charge in [-0.3, -0.25) is 14.6 Å². The average Bonchev–Trinajstić information content (AvgIpc) is 3.22. The van der Waals surface area contributed by atoms with E-state index in [9.17, 15) is 14.0 Å². The molecule has 0 radical (unpaired) electrons. The summed E-state index contributed by atoms with van der Waals surface area (Å²) in [5.74, 6) is -0.382. The fraction of sp³-hybridized carbons (Fsp3) is 0.200. The van der Waals surface area contributed by atoms with Gasteiger partial charge in [-0.25, -0.2) is 9.37 Å². The van der Waals surface area contributed by atoms with Crippen molar-refractivity contribution in [3.8, 4) is 0 Å². The third-order valence-electron chi connectivity index (χ3n) is 5.42. The maximum atomic E-state index is 14.8. The van der Waals surface area contributed by atoms with Crippen molar-refractivity contribution in [3.05, 3.63) is 93.4 Å². The van der Waals surface area contributed by atoms with E-state index < -0.39 is 17.5 Å². The van der Waals surface area contributed by atoms with Crippen LogP contribution < -0.4 is 5.32 Å². The van der Waals surface area contributed by atoms with E-state index in [1.807, 2.05) is 24.9 Å². The van der Waals surface area contributed by atoms with E-state index >= 15 is 0 Å². The van der Waals surface area contributed by atoms with Gasteiger partial charge in [0.15, 0.2) is 5.78 Å². The van der Waals surface area contributed by atoms with Crippen LogP contribution in [-0.2, 0) is 6.42 Å². The van der Waals surface area contributed by atoms with E-state index in [2.05, 4.69) is 15.3 Å². The maximum absolute atomic E-state index is 14.8. The minimum atomic E-state index is -0.607. The quantitative estimate of drug-likeness (QED) is 0.543. The SMILES string of the molecule is Cc1ccc(CC(=O)c2ccc(C3=NCCN3C)cc2F)c(C(=O)Nc2ccc(Cl)cn2)c1. The number of nitrogens with one attached hydrogen (secondary N) is 1. The number of hydrogen-bond donors (Lipinski definition) is 1. The topological polar surface area (TPSA) is 74.7 Å². The third kappa shape index (κ3) is 5.09. The molecule has 0 saturated carbocycles. The summed E-state index contributed by atoms with van der Waals surface area (Å²) in [6, 6.07) is 12.9. The van der Waals surface area contributed by atoms with Crippen LogP contribution in [0.15, 0.2) is 59.7 Å². The van der Waals surface area contributed by atoms with Crippen LogP contribution in [0.2, 0.25) is 5.02 Å². The number of halogens is 2. The molecule has 2 aromatic carbocycles. The molecule has 1 aliphatic rings. The molecule has 4 rings (SSSR count). The van der Waals surface area contributed by atoms with Gasteiger partial charge < -0.3 is 10.2 Å². The molecular formula is C25H22ClFN4O2. The minimum absolute atomic E-state index is 0.0219. The number of amides is 1. The number of ketones is 1. The van der Waals surface area contributed by atoms with Crippen LogP contribution >= 0.6 is 11.6 Å². The molecule has 0 saturated heterocycles. The smallest absolute Gasteiger partial charge is 0.257 e. The number of rotatable bonds is 6. The predicted molar refractivity (Wildman–Crippen MR) is 127 cm³/mol. The third-order valence-corrected chi connectivity index (χ3v) is 5.64. The number of aromatic nitrogens is 1. The fourth-order valence-electron chi connectivity index (χ4n) is 3.68. The Morgan fingerprint density at radius 3 is 2.61 bits per heavy atom. The van der Waals surface area contributed by atoms with E-state index in [1.165, 1.54) is 18.3 Å². The molecule has 0 aliphatic carbocycles. The second-order valence-corrected chi connectivity index (χ2v) is 8.33. The van der Waals surface area contributed by atoms with Crippen molar-refractivity contribution in [2.45, 2.75) is 13.3 Å². The van der Waals surface area contributed by atoms with Crippen LogP contribution in [-0.4, -0.2) is 47.5 Å². The average molecular weight is 465 g/mol. The molecular weight excluding hydrogens is 443 g/mol. The van der Waals surface area contributed by atoms with E-state index in [0.717, 1.165) is 12.1 Å². The maximum Gasteiger partial charge on any atom is 0.257 e. The number of pyridine rings is 1. The molecule has 1 amide bonds. The first-order chi connectivity index (χ1) is 15.8. The van der Waals surface area contributed by atoms with Gasteiger partial charge >= 0.3 is 0 Å². The highest BCUT2D eigenvalue weighted by Gasteiger charge is 2.21. The van der Waals surface area contributed by atoms with Crippen LogP contribution in [0.25, 0.3) is 0 Å². The van der Waals surface area contributed by atoms with Crippen LogP contribution in [0.1, 0.15) is 37.4 Å². The Morgan fingerprint density at radius 1 is 1.12 bits per heavy atom. The molecule has 3 aromatic rings. The Morgan fingerprint density at radius 2 is 1.94 bits per heavy atom. The number of carbonyl (C=O) groups is 2. The zero-order chi connectivity index (χ0) is 23.5. The van der Waals surface area contributed by atoms with Crippen molar-refractivity contribution >= 4 is 34.9 Å². The van der Waals surface area contributed by atoms with Crippen LogP contribution in [0, 0.1) is 12.7 Å². The summed E-state index contributed by atoms with van der Waals surface area (Å²) in [6.45, 7) is 3.30. The normalized spacial score (nSPS) is 13.1. The lowest BCUT2D eigenvalue weighted by atomic mass is 9.96. The molecule has 33 heavy (non-hydrogen) atoms. The number of nitrogens with zero attached hydrogens (tertiary/aromatic N) is 3. The summed E-state index contributed by atoms with van der Waals surface area (Å²) in [6.07, 6.45) is 1.31. The van der Waals surface area contributed by atoms with Crippen LogP contribution in [0.3, 0.4) is 0 Å². The van der Waals surface area contributed by atoms with Gasteiger partial charge in [0.05, 0.1) is 17.1 Å². The molecule has 0 unspecified atom stereocenters. The van der Waals surface area contributed by atoms with Crippen molar-refractivity contribution in [1.29, 1.82) is 0 Å². The van der Waals surface area contributed by atoms with E-state index in [1.54, 1.807) is 30.3 Å². The largest absolute Gasteiger partial charge is 0.358 e. The summed E-state index contributed by atoms with van der Waals surface area (Å²) in [7, 11) is 1.90.